The molecule has 1 atom stereocenters. The quantitative estimate of drug-likeness (QED) is 0.711. The number of pyridine rings is 1. The zero-order valence-corrected chi connectivity index (χ0v) is 15.9. The van der Waals surface area contributed by atoms with Crippen molar-refractivity contribution in [1.82, 2.24) is 4.98 Å². The summed E-state index contributed by atoms with van der Waals surface area (Å²) in [7, 11) is 0. The van der Waals surface area contributed by atoms with Crippen LogP contribution in [0.2, 0.25) is 10.0 Å². The lowest BCUT2D eigenvalue weighted by Crippen LogP contribution is -2.23. The molecule has 1 amide bonds. The van der Waals surface area contributed by atoms with E-state index < -0.39 is 0 Å². The molecule has 1 saturated carbocycles. The third-order valence-corrected chi connectivity index (χ3v) is 5.70. The first kappa shape index (κ1) is 19.2. The largest absolute Gasteiger partial charge is 0.392 e. The summed E-state index contributed by atoms with van der Waals surface area (Å²) < 4.78 is 0. The maximum Gasteiger partial charge on any atom is 0.233 e. The van der Waals surface area contributed by atoms with Gasteiger partial charge < -0.3 is 10.4 Å². The van der Waals surface area contributed by atoms with Crippen LogP contribution in [0.4, 0.5) is 5.82 Å². The molecule has 6 heteroatoms. The topological polar surface area (TPSA) is 62.2 Å². The minimum absolute atomic E-state index is 0.0746. The molecule has 0 spiro atoms. The Balaban J connectivity index is 1.80. The summed E-state index contributed by atoms with van der Waals surface area (Å²) in [5.41, 5.74) is 1.57. The summed E-state index contributed by atoms with van der Waals surface area (Å²) in [6.45, 7) is -0.0746. The Hall–Kier alpha value is -1.62. The molecule has 138 valence electrons. The maximum atomic E-state index is 13.0. The van der Waals surface area contributed by atoms with Gasteiger partial charge in [-0.1, -0.05) is 61.0 Å². The van der Waals surface area contributed by atoms with E-state index in [1.165, 1.54) is 12.8 Å². The molecule has 0 bridgehead atoms. The number of rotatable bonds is 6. The van der Waals surface area contributed by atoms with Crippen molar-refractivity contribution in [3.63, 3.8) is 0 Å². The molecule has 0 radical (unpaired) electrons. The van der Waals surface area contributed by atoms with Crippen LogP contribution in [-0.2, 0) is 11.4 Å². The Morgan fingerprint density at radius 2 is 1.96 bits per heavy atom. The molecule has 1 aliphatic carbocycles. The molecule has 1 aliphatic rings. The fraction of sp³-hybridized carbons (Fsp3) is 0.400. The maximum absolute atomic E-state index is 13.0. The van der Waals surface area contributed by atoms with Crippen molar-refractivity contribution in [2.24, 2.45) is 5.92 Å². The third kappa shape index (κ3) is 4.76. The molecule has 3 rings (SSSR count). The van der Waals surface area contributed by atoms with Gasteiger partial charge in [-0.15, -0.1) is 0 Å². The molecule has 2 aromatic rings. The van der Waals surface area contributed by atoms with E-state index in [0.717, 1.165) is 24.8 Å². The number of anilines is 1. The van der Waals surface area contributed by atoms with Gasteiger partial charge in [-0.05, 0) is 41.7 Å². The third-order valence-electron chi connectivity index (χ3n) is 4.96. The highest BCUT2D eigenvalue weighted by Crippen LogP contribution is 2.36. The highest BCUT2D eigenvalue weighted by molar-refractivity contribution is 6.42. The second kappa shape index (κ2) is 8.85. The second-order valence-corrected chi connectivity index (χ2v) is 7.63. The smallest absolute Gasteiger partial charge is 0.233 e. The zero-order valence-electron chi connectivity index (χ0n) is 14.4. The number of aliphatic hydroxyl groups excluding tert-OH is 1. The van der Waals surface area contributed by atoms with Crippen LogP contribution in [0.1, 0.15) is 49.1 Å². The Morgan fingerprint density at radius 3 is 2.58 bits per heavy atom. The average molecular weight is 393 g/mol. The van der Waals surface area contributed by atoms with E-state index in [1.807, 2.05) is 6.07 Å². The van der Waals surface area contributed by atoms with Crippen LogP contribution in [0.15, 0.2) is 36.5 Å². The summed E-state index contributed by atoms with van der Waals surface area (Å²) in [6, 6.07) is 8.84. The standard InChI is InChI=1S/C20H22Cl2N2O2/c21-17-7-6-15(10-18(17)22)16(9-13-3-1-2-4-13)20(26)24-19-8-5-14(12-25)11-23-19/h5-8,10-11,13,16,25H,1-4,9,12H2,(H,23,24,26)/t16-/m1/s1. The number of benzene rings is 1. The van der Waals surface area contributed by atoms with E-state index in [4.69, 9.17) is 28.3 Å². The molecule has 1 fully saturated rings. The van der Waals surface area contributed by atoms with E-state index in [-0.39, 0.29) is 18.4 Å². The molecule has 1 heterocycles. The lowest BCUT2D eigenvalue weighted by Gasteiger charge is -2.21. The van der Waals surface area contributed by atoms with Gasteiger partial charge in [0.05, 0.1) is 22.6 Å². The molecule has 0 aliphatic heterocycles. The van der Waals surface area contributed by atoms with E-state index in [9.17, 15) is 4.79 Å². The fourth-order valence-electron chi connectivity index (χ4n) is 3.51. The fourth-order valence-corrected chi connectivity index (χ4v) is 3.81. The van der Waals surface area contributed by atoms with Gasteiger partial charge in [0.2, 0.25) is 5.91 Å². The van der Waals surface area contributed by atoms with Crippen LogP contribution in [0.5, 0.6) is 0 Å². The minimum Gasteiger partial charge on any atom is -0.392 e. The Morgan fingerprint density at radius 1 is 1.19 bits per heavy atom. The van der Waals surface area contributed by atoms with Crippen molar-refractivity contribution in [2.75, 3.05) is 5.32 Å². The molecule has 1 aromatic carbocycles. The predicted octanol–water partition coefficient (Wildman–Crippen LogP) is 5.18. The summed E-state index contributed by atoms with van der Waals surface area (Å²) in [4.78, 5) is 17.2. The number of halogens is 2. The summed E-state index contributed by atoms with van der Waals surface area (Å²) in [6.07, 6.45) is 7.12. The summed E-state index contributed by atoms with van der Waals surface area (Å²) >= 11 is 12.2. The zero-order chi connectivity index (χ0) is 18.5. The van der Waals surface area contributed by atoms with Crippen molar-refractivity contribution in [3.8, 4) is 0 Å². The van der Waals surface area contributed by atoms with Crippen LogP contribution in [-0.4, -0.2) is 16.0 Å². The van der Waals surface area contributed by atoms with Crippen molar-refractivity contribution in [2.45, 2.75) is 44.6 Å². The van der Waals surface area contributed by atoms with Crippen LogP contribution < -0.4 is 5.32 Å². The first-order chi connectivity index (χ1) is 12.6. The average Bonchev–Trinajstić information content (AvgIpc) is 3.16. The lowest BCUT2D eigenvalue weighted by atomic mass is 9.87. The van der Waals surface area contributed by atoms with Gasteiger partial charge in [0.1, 0.15) is 5.82 Å². The number of amides is 1. The number of aromatic nitrogens is 1. The van der Waals surface area contributed by atoms with Crippen LogP contribution in [0.25, 0.3) is 0 Å². The van der Waals surface area contributed by atoms with Crippen LogP contribution >= 0.6 is 23.2 Å². The van der Waals surface area contributed by atoms with E-state index in [1.54, 1.807) is 30.5 Å². The van der Waals surface area contributed by atoms with Gasteiger partial charge >= 0.3 is 0 Å². The Kier molecular flexibility index (Phi) is 6.52. The van der Waals surface area contributed by atoms with Gasteiger partial charge in [0.25, 0.3) is 0 Å². The number of hydrogen-bond donors (Lipinski definition) is 2. The number of nitrogens with zero attached hydrogens (tertiary/aromatic N) is 1. The first-order valence-electron chi connectivity index (χ1n) is 8.88. The second-order valence-electron chi connectivity index (χ2n) is 6.81. The molecule has 2 N–H and O–H groups in total. The van der Waals surface area contributed by atoms with E-state index in [0.29, 0.717) is 27.3 Å². The molecule has 0 unspecified atom stereocenters. The van der Waals surface area contributed by atoms with Crippen molar-refractivity contribution in [3.05, 3.63) is 57.7 Å². The highest BCUT2D eigenvalue weighted by atomic mass is 35.5. The van der Waals surface area contributed by atoms with Crippen molar-refractivity contribution in [1.29, 1.82) is 0 Å². The first-order valence-corrected chi connectivity index (χ1v) is 9.64. The molecule has 0 saturated heterocycles. The van der Waals surface area contributed by atoms with Gasteiger partial charge in [-0.25, -0.2) is 4.98 Å². The van der Waals surface area contributed by atoms with E-state index in [2.05, 4.69) is 10.3 Å². The Labute approximate surface area is 163 Å². The number of carbonyl (C=O) groups is 1. The number of carbonyl (C=O) groups excluding carboxylic acids is 1. The van der Waals surface area contributed by atoms with Crippen molar-refractivity contribution < 1.29 is 9.90 Å². The predicted molar refractivity (Wildman–Crippen MR) is 105 cm³/mol. The SMILES string of the molecule is O=C(Nc1ccc(CO)cn1)[C@H](CC1CCCC1)c1ccc(Cl)c(Cl)c1. The normalized spacial score (nSPS) is 15.8. The number of nitrogens with one attached hydrogen (secondary N) is 1. The highest BCUT2D eigenvalue weighted by Gasteiger charge is 2.27. The number of aliphatic hydroxyl groups is 1. The molecule has 4 nitrogen and oxygen atoms in total. The number of hydrogen-bond acceptors (Lipinski definition) is 3. The molecular weight excluding hydrogens is 371 g/mol. The van der Waals surface area contributed by atoms with Gasteiger partial charge in [-0.3, -0.25) is 4.79 Å². The van der Waals surface area contributed by atoms with Gasteiger partial charge in [0.15, 0.2) is 0 Å². The summed E-state index contributed by atoms with van der Waals surface area (Å²) in [5, 5.41) is 12.9. The van der Waals surface area contributed by atoms with E-state index >= 15 is 0 Å². The van der Waals surface area contributed by atoms with Gasteiger partial charge in [-0.2, -0.15) is 0 Å². The Bertz CT molecular complexity index is 759. The van der Waals surface area contributed by atoms with Gasteiger partial charge in [0, 0.05) is 6.20 Å². The minimum atomic E-state index is -0.299. The van der Waals surface area contributed by atoms with Crippen LogP contribution in [0, 0.1) is 5.92 Å². The molecule has 1 aromatic heterocycles. The summed E-state index contributed by atoms with van der Waals surface area (Å²) in [5.74, 6) is 0.625. The molecule has 26 heavy (non-hydrogen) atoms. The monoisotopic (exact) mass is 392 g/mol. The van der Waals surface area contributed by atoms with Crippen molar-refractivity contribution >= 4 is 34.9 Å². The lowest BCUT2D eigenvalue weighted by molar-refractivity contribution is -0.118. The molecular formula is C20H22Cl2N2O2. The van der Waals surface area contributed by atoms with Crippen LogP contribution in [0.3, 0.4) is 0 Å².